The maximum absolute atomic E-state index is 13.1. The second-order valence-corrected chi connectivity index (χ2v) is 7.87. The van der Waals surface area contributed by atoms with E-state index in [0.29, 0.717) is 35.8 Å². The number of benzene rings is 1. The molecule has 0 spiro atoms. The standard InChI is InChI=1S/C19H25ClFN5O/c1-13(2)25-7-6-14(10-25)9-24(3)19(27)18-12-26(23-22-18)11-15-4-5-16(21)8-17(15)20/h4-5,8,12-14H,6-7,9-11H2,1-3H3/t14-/m0/s1. The molecule has 0 radical (unpaired) electrons. The maximum Gasteiger partial charge on any atom is 0.275 e. The number of carbonyl (C=O) groups is 1. The minimum absolute atomic E-state index is 0.144. The van der Waals surface area contributed by atoms with E-state index in [1.165, 1.54) is 16.8 Å². The average Bonchev–Trinajstić information content (AvgIpc) is 3.26. The van der Waals surface area contributed by atoms with Gasteiger partial charge in [-0.3, -0.25) is 4.79 Å². The first-order chi connectivity index (χ1) is 12.8. The number of rotatable bonds is 6. The summed E-state index contributed by atoms with van der Waals surface area (Å²) in [5.74, 6) is -0.0494. The number of aromatic nitrogens is 3. The number of amides is 1. The fourth-order valence-corrected chi connectivity index (χ4v) is 3.67. The Morgan fingerprint density at radius 1 is 1.44 bits per heavy atom. The summed E-state index contributed by atoms with van der Waals surface area (Å²) in [6.07, 6.45) is 2.71. The molecule has 0 N–H and O–H groups in total. The molecule has 2 aromatic rings. The number of hydrogen-bond donors (Lipinski definition) is 0. The van der Waals surface area contributed by atoms with E-state index in [1.54, 1.807) is 24.2 Å². The molecule has 0 unspecified atom stereocenters. The van der Waals surface area contributed by atoms with Crippen LogP contribution in [0.5, 0.6) is 0 Å². The van der Waals surface area contributed by atoms with E-state index in [2.05, 4.69) is 29.1 Å². The molecule has 2 heterocycles. The summed E-state index contributed by atoms with van der Waals surface area (Å²) in [5.41, 5.74) is 1.02. The van der Waals surface area contributed by atoms with E-state index in [4.69, 9.17) is 11.6 Å². The summed E-state index contributed by atoms with van der Waals surface area (Å²) in [5, 5.41) is 8.32. The minimum Gasteiger partial charge on any atom is -0.340 e. The molecular formula is C19H25ClFN5O. The van der Waals surface area contributed by atoms with E-state index in [0.717, 1.165) is 25.1 Å². The van der Waals surface area contributed by atoms with Crippen molar-refractivity contribution in [1.29, 1.82) is 0 Å². The Morgan fingerprint density at radius 3 is 2.89 bits per heavy atom. The zero-order valence-electron chi connectivity index (χ0n) is 15.9. The molecule has 1 amide bonds. The SMILES string of the molecule is CC(C)N1CC[C@@H](CN(C)C(=O)c2cn(Cc3ccc(F)cc3Cl)nn2)C1. The highest BCUT2D eigenvalue weighted by atomic mass is 35.5. The van der Waals surface area contributed by atoms with Gasteiger partial charge in [-0.1, -0.05) is 22.9 Å². The van der Waals surface area contributed by atoms with Gasteiger partial charge in [0.25, 0.3) is 5.91 Å². The molecule has 8 heteroatoms. The molecule has 1 saturated heterocycles. The largest absolute Gasteiger partial charge is 0.340 e. The molecule has 3 rings (SSSR count). The third-order valence-electron chi connectivity index (χ3n) is 5.03. The van der Waals surface area contributed by atoms with Gasteiger partial charge in [0.05, 0.1) is 12.7 Å². The molecule has 27 heavy (non-hydrogen) atoms. The first-order valence-corrected chi connectivity index (χ1v) is 9.55. The molecule has 1 atom stereocenters. The van der Waals surface area contributed by atoms with E-state index >= 15 is 0 Å². The lowest BCUT2D eigenvalue weighted by atomic mass is 10.1. The number of carbonyl (C=O) groups excluding carboxylic acids is 1. The second kappa shape index (κ2) is 8.35. The Kier molecular flexibility index (Phi) is 6.11. The zero-order chi connectivity index (χ0) is 19.6. The van der Waals surface area contributed by atoms with Gasteiger partial charge in [0.15, 0.2) is 5.69 Å². The van der Waals surface area contributed by atoms with Crippen LogP contribution in [-0.4, -0.2) is 63.4 Å². The summed E-state index contributed by atoms with van der Waals surface area (Å²) in [6.45, 7) is 7.53. The van der Waals surface area contributed by atoms with Crippen molar-refractivity contribution in [2.75, 3.05) is 26.7 Å². The van der Waals surface area contributed by atoms with Gasteiger partial charge >= 0.3 is 0 Å². The van der Waals surface area contributed by atoms with E-state index in [1.807, 2.05) is 0 Å². The summed E-state index contributed by atoms with van der Waals surface area (Å²) in [7, 11) is 1.80. The summed E-state index contributed by atoms with van der Waals surface area (Å²) >= 11 is 6.05. The van der Waals surface area contributed by atoms with Crippen LogP contribution in [0.1, 0.15) is 36.3 Å². The maximum atomic E-state index is 13.1. The smallest absolute Gasteiger partial charge is 0.275 e. The molecule has 0 aliphatic carbocycles. The van der Waals surface area contributed by atoms with E-state index in [-0.39, 0.29) is 11.7 Å². The molecular weight excluding hydrogens is 369 g/mol. The van der Waals surface area contributed by atoms with Crippen LogP contribution in [0.25, 0.3) is 0 Å². The molecule has 1 aromatic carbocycles. The van der Waals surface area contributed by atoms with Crippen LogP contribution in [0.2, 0.25) is 5.02 Å². The van der Waals surface area contributed by atoms with Crippen LogP contribution in [-0.2, 0) is 6.54 Å². The van der Waals surface area contributed by atoms with Gasteiger partial charge in [-0.25, -0.2) is 9.07 Å². The quantitative estimate of drug-likeness (QED) is 0.757. The lowest BCUT2D eigenvalue weighted by molar-refractivity contribution is 0.0766. The molecule has 6 nitrogen and oxygen atoms in total. The Labute approximate surface area is 163 Å². The van der Waals surface area contributed by atoms with Crippen molar-refractivity contribution >= 4 is 17.5 Å². The Morgan fingerprint density at radius 2 is 2.22 bits per heavy atom. The summed E-state index contributed by atoms with van der Waals surface area (Å²) in [6, 6.07) is 4.75. The van der Waals surface area contributed by atoms with Gasteiger partial charge < -0.3 is 9.80 Å². The van der Waals surface area contributed by atoms with E-state index < -0.39 is 0 Å². The van der Waals surface area contributed by atoms with Crippen LogP contribution >= 0.6 is 11.6 Å². The fourth-order valence-electron chi connectivity index (χ4n) is 3.44. The third-order valence-corrected chi connectivity index (χ3v) is 5.38. The van der Waals surface area contributed by atoms with Crippen molar-refractivity contribution < 1.29 is 9.18 Å². The first kappa shape index (κ1) is 19.8. The van der Waals surface area contributed by atoms with Crippen molar-refractivity contribution in [1.82, 2.24) is 24.8 Å². The Balaban J connectivity index is 1.59. The van der Waals surface area contributed by atoms with E-state index in [9.17, 15) is 9.18 Å². The minimum atomic E-state index is -0.386. The van der Waals surface area contributed by atoms with Gasteiger partial charge in [0.2, 0.25) is 0 Å². The lowest BCUT2D eigenvalue weighted by Gasteiger charge is -2.22. The number of hydrogen-bond acceptors (Lipinski definition) is 4. The molecule has 1 aliphatic heterocycles. The summed E-state index contributed by atoms with van der Waals surface area (Å²) in [4.78, 5) is 16.8. The number of likely N-dealkylation sites (tertiary alicyclic amines) is 1. The summed E-state index contributed by atoms with van der Waals surface area (Å²) < 4.78 is 14.7. The average molecular weight is 394 g/mol. The molecule has 1 aliphatic rings. The normalized spacial score (nSPS) is 17.6. The Bertz CT molecular complexity index is 809. The van der Waals surface area contributed by atoms with Crippen LogP contribution in [0.15, 0.2) is 24.4 Å². The molecule has 0 bridgehead atoms. The van der Waals surface area contributed by atoms with Crippen LogP contribution in [0, 0.1) is 11.7 Å². The predicted octanol–water partition coefficient (Wildman–Crippen LogP) is 2.92. The molecule has 1 aromatic heterocycles. The second-order valence-electron chi connectivity index (χ2n) is 7.47. The molecule has 1 fully saturated rings. The van der Waals surface area contributed by atoms with Crippen LogP contribution in [0.4, 0.5) is 4.39 Å². The van der Waals surface area contributed by atoms with Gasteiger partial charge in [-0.15, -0.1) is 5.10 Å². The van der Waals surface area contributed by atoms with Crippen LogP contribution in [0.3, 0.4) is 0 Å². The lowest BCUT2D eigenvalue weighted by Crippen LogP contribution is -2.34. The first-order valence-electron chi connectivity index (χ1n) is 9.17. The van der Waals surface area contributed by atoms with Gasteiger partial charge in [-0.05, 0) is 50.4 Å². The number of halogens is 2. The van der Waals surface area contributed by atoms with Crippen molar-refractivity contribution in [3.8, 4) is 0 Å². The molecule has 0 saturated carbocycles. The van der Waals surface area contributed by atoms with Crippen LogP contribution < -0.4 is 0 Å². The topological polar surface area (TPSA) is 54.3 Å². The van der Waals surface area contributed by atoms with Gasteiger partial charge in [-0.2, -0.15) is 0 Å². The van der Waals surface area contributed by atoms with Crippen molar-refractivity contribution in [2.45, 2.75) is 32.9 Å². The van der Waals surface area contributed by atoms with Gasteiger partial charge in [0.1, 0.15) is 5.82 Å². The highest BCUT2D eigenvalue weighted by Crippen LogP contribution is 2.20. The third kappa shape index (κ3) is 4.84. The highest BCUT2D eigenvalue weighted by molar-refractivity contribution is 6.31. The molecule has 146 valence electrons. The van der Waals surface area contributed by atoms with Gasteiger partial charge in [0, 0.05) is 31.2 Å². The van der Waals surface area contributed by atoms with Crippen molar-refractivity contribution in [2.24, 2.45) is 5.92 Å². The van der Waals surface area contributed by atoms with Crippen molar-refractivity contribution in [3.63, 3.8) is 0 Å². The van der Waals surface area contributed by atoms with Crippen molar-refractivity contribution in [3.05, 3.63) is 46.5 Å². The predicted molar refractivity (Wildman–Crippen MR) is 102 cm³/mol. The fraction of sp³-hybridized carbons (Fsp3) is 0.526. The monoisotopic (exact) mass is 393 g/mol. The zero-order valence-corrected chi connectivity index (χ0v) is 16.7. The highest BCUT2D eigenvalue weighted by Gasteiger charge is 2.27. The number of nitrogens with zero attached hydrogens (tertiary/aromatic N) is 5. The Hall–Kier alpha value is -1.99.